The molecule has 3 aromatic rings. The van der Waals surface area contributed by atoms with Crippen molar-refractivity contribution in [3.05, 3.63) is 82.6 Å². The molecule has 2 aromatic carbocycles. The standard InChI is InChI=1S/C28H34N2O6S2/c1-6-16-30(38(32,33)25-12-9-23(34-3)10-13-25)20-28(31)29(19-24-11-7-21(2)37-24)17-15-22-8-14-26(35-4)27(18-22)36-5/h6-14,18H,1,15-17,19-20H2,2-5H3. The van der Waals surface area contributed by atoms with E-state index in [0.717, 1.165) is 19.6 Å². The molecule has 0 bridgehead atoms. The fourth-order valence-corrected chi connectivity index (χ4v) is 6.16. The maximum Gasteiger partial charge on any atom is 0.243 e. The molecule has 0 saturated carbocycles. The Labute approximate surface area is 229 Å². The first-order valence-electron chi connectivity index (χ1n) is 12.0. The maximum absolute atomic E-state index is 13.6. The molecule has 0 spiro atoms. The third-order valence-electron chi connectivity index (χ3n) is 5.96. The van der Waals surface area contributed by atoms with Crippen LogP contribution < -0.4 is 14.2 Å². The van der Waals surface area contributed by atoms with E-state index >= 15 is 0 Å². The summed E-state index contributed by atoms with van der Waals surface area (Å²) in [5.74, 6) is 1.49. The normalized spacial score (nSPS) is 11.3. The van der Waals surface area contributed by atoms with E-state index in [4.69, 9.17) is 14.2 Å². The lowest BCUT2D eigenvalue weighted by Crippen LogP contribution is -2.43. The molecule has 0 N–H and O–H groups in total. The number of rotatable bonds is 14. The Morgan fingerprint density at radius 3 is 2.26 bits per heavy atom. The van der Waals surface area contributed by atoms with Crippen LogP contribution in [0.3, 0.4) is 0 Å². The van der Waals surface area contributed by atoms with Crippen LogP contribution in [0.4, 0.5) is 0 Å². The van der Waals surface area contributed by atoms with Gasteiger partial charge in [-0.3, -0.25) is 4.79 Å². The first-order chi connectivity index (χ1) is 18.2. The number of carbonyl (C=O) groups is 1. The highest BCUT2D eigenvalue weighted by atomic mass is 32.2. The zero-order valence-corrected chi connectivity index (χ0v) is 23.8. The van der Waals surface area contributed by atoms with E-state index in [2.05, 4.69) is 6.58 Å². The summed E-state index contributed by atoms with van der Waals surface area (Å²) in [5, 5.41) is 0. The van der Waals surface area contributed by atoms with E-state index in [1.165, 1.54) is 25.3 Å². The number of hydrogen-bond donors (Lipinski definition) is 0. The zero-order valence-electron chi connectivity index (χ0n) is 22.2. The summed E-state index contributed by atoms with van der Waals surface area (Å²) < 4.78 is 43.8. The van der Waals surface area contributed by atoms with Crippen LogP contribution in [0.15, 0.2) is 72.1 Å². The lowest BCUT2D eigenvalue weighted by Gasteiger charge is -2.27. The Bertz CT molecular complexity index is 1340. The summed E-state index contributed by atoms with van der Waals surface area (Å²) in [6, 6.07) is 15.7. The molecule has 1 aromatic heterocycles. The van der Waals surface area contributed by atoms with Crippen LogP contribution in [0.5, 0.6) is 17.2 Å². The van der Waals surface area contributed by atoms with Crippen molar-refractivity contribution in [2.45, 2.75) is 24.8 Å². The fraction of sp³-hybridized carbons (Fsp3) is 0.321. The van der Waals surface area contributed by atoms with Gasteiger partial charge in [-0.1, -0.05) is 12.1 Å². The Morgan fingerprint density at radius 2 is 1.68 bits per heavy atom. The Kier molecular flexibility index (Phi) is 10.3. The van der Waals surface area contributed by atoms with Crippen molar-refractivity contribution in [3.8, 4) is 17.2 Å². The predicted molar refractivity (Wildman–Crippen MR) is 150 cm³/mol. The van der Waals surface area contributed by atoms with Gasteiger partial charge in [0, 0.05) is 22.8 Å². The second kappa shape index (κ2) is 13.5. The van der Waals surface area contributed by atoms with Gasteiger partial charge in [-0.25, -0.2) is 8.42 Å². The first-order valence-corrected chi connectivity index (χ1v) is 14.3. The maximum atomic E-state index is 13.6. The predicted octanol–water partition coefficient (Wildman–Crippen LogP) is 4.53. The lowest BCUT2D eigenvalue weighted by molar-refractivity contribution is -0.131. The Morgan fingerprint density at radius 1 is 0.974 bits per heavy atom. The van der Waals surface area contributed by atoms with E-state index in [0.29, 0.717) is 36.8 Å². The van der Waals surface area contributed by atoms with Gasteiger partial charge in [0.25, 0.3) is 0 Å². The molecule has 0 saturated heterocycles. The summed E-state index contributed by atoms with van der Waals surface area (Å²) in [7, 11) is 0.730. The molecular formula is C28H34N2O6S2. The number of thiophene rings is 1. The second-order valence-electron chi connectivity index (χ2n) is 8.53. The monoisotopic (exact) mass is 558 g/mol. The van der Waals surface area contributed by atoms with E-state index in [1.54, 1.807) is 42.6 Å². The molecule has 0 fully saturated rings. The molecule has 0 aliphatic heterocycles. The summed E-state index contributed by atoms with van der Waals surface area (Å²) in [6.07, 6.45) is 2.04. The van der Waals surface area contributed by atoms with E-state index in [9.17, 15) is 13.2 Å². The quantitative estimate of drug-likeness (QED) is 0.270. The number of methoxy groups -OCH3 is 3. The van der Waals surface area contributed by atoms with Gasteiger partial charge in [0.15, 0.2) is 11.5 Å². The highest BCUT2D eigenvalue weighted by Crippen LogP contribution is 2.28. The largest absolute Gasteiger partial charge is 0.497 e. The third kappa shape index (κ3) is 7.37. The minimum Gasteiger partial charge on any atom is -0.497 e. The average Bonchev–Trinajstić information content (AvgIpc) is 3.34. The number of nitrogens with zero attached hydrogens (tertiary/aromatic N) is 2. The molecule has 10 heteroatoms. The zero-order chi connectivity index (χ0) is 27.7. The van der Waals surface area contributed by atoms with Crippen molar-refractivity contribution in [1.29, 1.82) is 0 Å². The number of ether oxygens (including phenoxy) is 3. The van der Waals surface area contributed by atoms with Crippen molar-refractivity contribution in [1.82, 2.24) is 9.21 Å². The summed E-state index contributed by atoms with van der Waals surface area (Å²) in [5.41, 5.74) is 0.969. The van der Waals surface area contributed by atoms with Gasteiger partial charge in [-0.15, -0.1) is 17.9 Å². The van der Waals surface area contributed by atoms with Gasteiger partial charge in [0.1, 0.15) is 5.75 Å². The molecule has 3 rings (SSSR count). The van der Waals surface area contributed by atoms with Crippen molar-refractivity contribution in [3.63, 3.8) is 0 Å². The van der Waals surface area contributed by atoms with E-state index in [-0.39, 0.29) is 23.9 Å². The smallest absolute Gasteiger partial charge is 0.243 e. The molecule has 0 aliphatic carbocycles. The number of benzene rings is 2. The van der Waals surface area contributed by atoms with E-state index in [1.807, 2.05) is 37.3 Å². The first kappa shape index (κ1) is 29.2. The van der Waals surface area contributed by atoms with Crippen LogP contribution in [-0.4, -0.2) is 64.5 Å². The van der Waals surface area contributed by atoms with Crippen molar-refractivity contribution in [2.24, 2.45) is 0 Å². The number of amides is 1. The average molecular weight is 559 g/mol. The minimum atomic E-state index is -3.94. The molecule has 0 unspecified atom stereocenters. The molecule has 0 atom stereocenters. The molecular weight excluding hydrogens is 524 g/mol. The summed E-state index contributed by atoms with van der Waals surface area (Å²) in [6.45, 7) is 6.18. The van der Waals surface area contributed by atoms with Gasteiger partial charge < -0.3 is 19.1 Å². The van der Waals surface area contributed by atoms with Crippen LogP contribution >= 0.6 is 11.3 Å². The molecule has 1 amide bonds. The summed E-state index contributed by atoms with van der Waals surface area (Å²) >= 11 is 1.61. The van der Waals surface area contributed by atoms with Gasteiger partial charge in [-0.2, -0.15) is 4.31 Å². The SMILES string of the molecule is C=CCN(CC(=O)N(CCc1ccc(OC)c(OC)c1)Cc1ccc(C)s1)S(=O)(=O)c1ccc(OC)cc1. The highest BCUT2D eigenvalue weighted by Gasteiger charge is 2.28. The van der Waals surface area contributed by atoms with Crippen LogP contribution in [0.25, 0.3) is 0 Å². The summed E-state index contributed by atoms with van der Waals surface area (Å²) in [4.78, 5) is 17.5. The van der Waals surface area contributed by atoms with Crippen LogP contribution in [0.2, 0.25) is 0 Å². The van der Waals surface area contributed by atoms with Gasteiger partial charge >= 0.3 is 0 Å². The molecule has 8 nitrogen and oxygen atoms in total. The highest BCUT2D eigenvalue weighted by molar-refractivity contribution is 7.89. The fourth-order valence-electron chi connectivity index (χ4n) is 3.89. The molecule has 38 heavy (non-hydrogen) atoms. The number of carbonyl (C=O) groups excluding carboxylic acids is 1. The van der Waals surface area contributed by atoms with Gasteiger partial charge in [-0.05, 0) is 67.4 Å². The molecule has 0 radical (unpaired) electrons. The van der Waals surface area contributed by atoms with Crippen molar-refractivity contribution in [2.75, 3.05) is 41.0 Å². The molecule has 0 aliphatic rings. The third-order valence-corrected chi connectivity index (χ3v) is 8.77. The topological polar surface area (TPSA) is 85.4 Å². The second-order valence-corrected chi connectivity index (χ2v) is 11.8. The minimum absolute atomic E-state index is 0.00172. The molecule has 204 valence electrons. The van der Waals surface area contributed by atoms with Gasteiger partial charge in [0.2, 0.25) is 15.9 Å². The van der Waals surface area contributed by atoms with Crippen LogP contribution in [0, 0.1) is 6.92 Å². The van der Waals surface area contributed by atoms with Crippen molar-refractivity contribution < 1.29 is 27.4 Å². The number of aryl methyl sites for hydroxylation is 1. The lowest BCUT2D eigenvalue weighted by atomic mass is 10.1. The van der Waals surface area contributed by atoms with Gasteiger partial charge in [0.05, 0.1) is 39.3 Å². The van der Waals surface area contributed by atoms with E-state index < -0.39 is 10.0 Å². The Balaban J connectivity index is 1.83. The number of hydrogen-bond acceptors (Lipinski definition) is 7. The van der Waals surface area contributed by atoms with Crippen LogP contribution in [0.1, 0.15) is 15.3 Å². The Hall–Kier alpha value is -3.34. The number of sulfonamides is 1. The van der Waals surface area contributed by atoms with Crippen molar-refractivity contribution >= 4 is 27.3 Å². The molecule has 1 heterocycles. The van der Waals surface area contributed by atoms with Crippen LogP contribution in [-0.2, 0) is 27.8 Å².